The molecule has 0 spiro atoms. The quantitative estimate of drug-likeness (QED) is 0.553. The van der Waals surface area contributed by atoms with E-state index in [2.05, 4.69) is 23.1 Å². The first-order valence-corrected chi connectivity index (χ1v) is 10.2. The number of benzene rings is 1. The molecular formula is C16H23N3O3S2. The van der Waals surface area contributed by atoms with E-state index in [1.54, 1.807) is 0 Å². The molecule has 0 aliphatic carbocycles. The van der Waals surface area contributed by atoms with Gasteiger partial charge in [0.2, 0.25) is 5.91 Å². The van der Waals surface area contributed by atoms with E-state index in [0.29, 0.717) is 11.5 Å². The molecule has 1 atom stereocenters. The van der Waals surface area contributed by atoms with Gasteiger partial charge in [-0.05, 0) is 49.0 Å². The molecule has 1 saturated heterocycles. The van der Waals surface area contributed by atoms with Crippen LogP contribution < -0.4 is 16.2 Å². The highest BCUT2D eigenvalue weighted by Crippen LogP contribution is 2.22. The fourth-order valence-corrected chi connectivity index (χ4v) is 4.83. The summed E-state index contributed by atoms with van der Waals surface area (Å²) >= 11 is 5.21. The Bertz CT molecular complexity index is 732. The highest BCUT2D eigenvalue weighted by atomic mass is 32.2. The molecule has 1 aromatic carbocycles. The average Bonchev–Trinajstić information content (AvgIpc) is 2.86. The van der Waals surface area contributed by atoms with Crippen molar-refractivity contribution in [2.45, 2.75) is 33.1 Å². The number of hydrazine groups is 1. The number of para-hydroxylation sites is 1. The lowest BCUT2D eigenvalue weighted by Crippen LogP contribution is -2.44. The van der Waals surface area contributed by atoms with Crippen molar-refractivity contribution in [3.8, 4) is 0 Å². The lowest BCUT2D eigenvalue weighted by Gasteiger charge is -2.16. The largest absolute Gasteiger partial charge is 0.331 e. The Morgan fingerprint density at radius 2 is 2.08 bits per heavy atom. The van der Waals surface area contributed by atoms with Gasteiger partial charge in [0.05, 0.1) is 11.5 Å². The van der Waals surface area contributed by atoms with E-state index < -0.39 is 9.84 Å². The summed E-state index contributed by atoms with van der Waals surface area (Å²) < 4.78 is 22.8. The van der Waals surface area contributed by atoms with E-state index in [1.165, 1.54) is 0 Å². The van der Waals surface area contributed by atoms with Gasteiger partial charge in [0.15, 0.2) is 14.9 Å². The summed E-state index contributed by atoms with van der Waals surface area (Å²) in [4.78, 5) is 11.9. The number of hydrogen-bond acceptors (Lipinski definition) is 4. The molecule has 0 aromatic heterocycles. The first kappa shape index (κ1) is 18.7. The van der Waals surface area contributed by atoms with Gasteiger partial charge in [0.25, 0.3) is 0 Å². The number of thiocarbonyl (C=S) groups is 1. The summed E-state index contributed by atoms with van der Waals surface area (Å²) in [5.74, 6) is -0.111. The third-order valence-corrected chi connectivity index (χ3v) is 6.14. The number of aryl methyl sites for hydroxylation is 2. The van der Waals surface area contributed by atoms with Crippen molar-refractivity contribution >= 4 is 38.8 Å². The lowest BCUT2D eigenvalue weighted by atomic mass is 10.1. The summed E-state index contributed by atoms with van der Waals surface area (Å²) in [6.45, 7) is 4.05. The van der Waals surface area contributed by atoms with Crippen LogP contribution in [-0.4, -0.2) is 30.9 Å². The highest BCUT2D eigenvalue weighted by molar-refractivity contribution is 7.91. The number of carbonyl (C=O) groups excluding carboxylic acids is 1. The predicted molar refractivity (Wildman–Crippen MR) is 99.4 cm³/mol. The first-order valence-electron chi connectivity index (χ1n) is 7.95. The van der Waals surface area contributed by atoms with Crippen molar-refractivity contribution in [3.63, 3.8) is 0 Å². The van der Waals surface area contributed by atoms with Gasteiger partial charge in [0.1, 0.15) is 0 Å². The summed E-state index contributed by atoms with van der Waals surface area (Å²) in [5, 5.41) is 3.40. The van der Waals surface area contributed by atoms with Crippen molar-refractivity contribution in [2.75, 3.05) is 16.8 Å². The minimum Gasteiger partial charge on any atom is -0.331 e. The Kier molecular flexibility index (Phi) is 6.17. The molecule has 6 nitrogen and oxygen atoms in total. The van der Waals surface area contributed by atoms with Crippen LogP contribution in [0.2, 0.25) is 0 Å². The molecule has 0 saturated carbocycles. The van der Waals surface area contributed by atoms with E-state index in [1.807, 2.05) is 25.1 Å². The number of rotatable bonds is 4. The smallest absolute Gasteiger partial charge is 0.238 e. The Morgan fingerprint density at radius 1 is 1.33 bits per heavy atom. The molecule has 1 fully saturated rings. The molecule has 1 aromatic rings. The molecule has 24 heavy (non-hydrogen) atoms. The highest BCUT2D eigenvalue weighted by Gasteiger charge is 2.29. The molecule has 0 bridgehead atoms. The zero-order valence-electron chi connectivity index (χ0n) is 13.9. The number of hydrogen-bond donors (Lipinski definition) is 3. The first-order chi connectivity index (χ1) is 11.3. The van der Waals surface area contributed by atoms with Gasteiger partial charge in [-0.1, -0.05) is 25.1 Å². The van der Waals surface area contributed by atoms with Crippen LogP contribution in [0.3, 0.4) is 0 Å². The number of carbonyl (C=O) groups is 1. The monoisotopic (exact) mass is 369 g/mol. The molecule has 0 unspecified atom stereocenters. The summed E-state index contributed by atoms with van der Waals surface area (Å²) in [6.07, 6.45) is 1.59. The SMILES string of the molecule is CCc1cccc(C)c1NC(=S)NNC(=O)C[C@H]1CCS(=O)(=O)C1. The standard InChI is InChI=1S/C16H23N3O3S2/c1-3-13-6-4-5-11(2)15(13)17-16(23)19-18-14(20)9-12-7-8-24(21,22)10-12/h4-6,12H,3,7-10H2,1-2H3,(H,18,20)(H2,17,19,23)/t12-/m1/s1. The third kappa shape index (κ3) is 5.17. The molecule has 132 valence electrons. The molecular weight excluding hydrogens is 346 g/mol. The van der Waals surface area contributed by atoms with E-state index in [4.69, 9.17) is 12.2 Å². The zero-order chi connectivity index (χ0) is 17.7. The van der Waals surface area contributed by atoms with Crippen molar-refractivity contribution in [1.82, 2.24) is 10.9 Å². The predicted octanol–water partition coefficient (Wildman–Crippen LogP) is 1.70. The van der Waals surface area contributed by atoms with Crippen LogP contribution >= 0.6 is 12.2 Å². The summed E-state index contributed by atoms with van der Waals surface area (Å²) in [7, 11) is -2.96. The van der Waals surface area contributed by atoms with Crippen molar-refractivity contribution in [1.29, 1.82) is 0 Å². The van der Waals surface area contributed by atoms with Gasteiger partial charge in [0, 0.05) is 12.1 Å². The molecule has 1 aliphatic heterocycles. The second kappa shape index (κ2) is 7.94. The second-order valence-corrected chi connectivity index (χ2v) is 8.70. The molecule has 1 amide bonds. The van der Waals surface area contributed by atoms with Crippen LogP contribution in [-0.2, 0) is 21.1 Å². The van der Waals surface area contributed by atoms with Gasteiger partial charge in [-0.25, -0.2) is 8.42 Å². The van der Waals surface area contributed by atoms with E-state index in [9.17, 15) is 13.2 Å². The Hall–Kier alpha value is -1.67. The lowest BCUT2D eigenvalue weighted by molar-refractivity contribution is -0.122. The maximum Gasteiger partial charge on any atom is 0.238 e. The van der Waals surface area contributed by atoms with Gasteiger partial charge >= 0.3 is 0 Å². The van der Waals surface area contributed by atoms with Crippen molar-refractivity contribution < 1.29 is 13.2 Å². The summed E-state index contributed by atoms with van der Waals surface area (Å²) in [5.41, 5.74) is 8.35. The van der Waals surface area contributed by atoms with Crippen LogP contribution in [0.25, 0.3) is 0 Å². The minimum atomic E-state index is -2.96. The van der Waals surface area contributed by atoms with Crippen LogP contribution in [0.1, 0.15) is 30.9 Å². The van der Waals surface area contributed by atoms with E-state index in [0.717, 1.165) is 23.2 Å². The molecule has 2 rings (SSSR count). The fourth-order valence-electron chi connectivity index (χ4n) is 2.82. The van der Waals surface area contributed by atoms with Crippen molar-refractivity contribution in [2.24, 2.45) is 5.92 Å². The Labute approximate surface area is 148 Å². The Morgan fingerprint density at radius 3 is 2.71 bits per heavy atom. The van der Waals surface area contributed by atoms with E-state index >= 15 is 0 Å². The molecule has 3 N–H and O–H groups in total. The summed E-state index contributed by atoms with van der Waals surface area (Å²) in [6, 6.07) is 6.01. The van der Waals surface area contributed by atoms with Gasteiger partial charge in [-0.3, -0.25) is 15.6 Å². The molecule has 1 heterocycles. The maximum absolute atomic E-state index is 11.9. The number of amides is 1. The number of anilines is 1. The van der Waals surface area contributed by atoms with Crippen LogP contribution in [0.15, 0.2) is 18.2 Å². The number of nitrogens with one attached hydrogen (secondary N) is 3. The zero-order valence-corrected chi connectivity index (χ0v) is 15.5. The van der Waals surface area contributed by atoms with Crippen LogP contribution in [0, 0.1) is 12.8 Å². The third-order valence-electron chi connectivity index (χ3n) is 4.09. The van der Waals surface area contributed by atoms with Crippen LogP contribution in [0.5, 0.6) is 0 Å². The fraction of sp³-hybridized carbons (Fsp3) is 0.500. The molecule has 8 heteroatoms. The van der Waals surface area contributed by atoms with Gasteiger partial charge < -0.3 is 5.32 Å². The Balaban J connectivity index is 1.82. The van der Waals surface area contributed by atoms with Crippen molar-refractivity contribution in [3.05, 3.63) is 29.3 Å². The normalized spacial score (nSPS) is 18.8. The van der Waals surface area contributed by atoms with Gasteiger partial charge in [-0.15, -0.1) is 0 Å². The molecule has 0 radical (unpaired) electrons. The maximum atomic E-state index is 11.9. The van der Waals surface area contributed by atoms with Crippen LogP contribution in [0.4, 0.5) is 5.69 Å². The minimum absolute atomic E-state index is 0.0895. The topological polar surface area (TPSA) is 87.3 Å². The van der Waals surface area contributed by atoms with E-state index in [-0.39, 0.29) is 29.8 Å². The molecule has 1 aliphatic rings. The van der Waals surface area contributed by atoms with Gasteiger partial charge in [-0.2, -0.15) is 0 Å². The number of sulfone groups is 1. The average molecular weight is 370 g/mol. The second-order valence-electron chi connectivity index (χ2n) is 6.06.